The molecule has 7 nitrogen and oxygen atoms in total. The van der Waals surface area contributed by atoms with Crippen LogP contribution in [0.2, 0.25) is 0 Å². The van der Waals surface area contributed by atoms with Crippen molar-refractivity contribution in [1.29, 1.82) is 0 Å². The molecule has 1 aliphatic heterocycles. The van der Waals surface area contributed by atoms with Crippen LogP contribution >= 0.6 is 24.0 Å². The molecule has 0 radical (unpaired) electrons. The lowest BCUT2D eigenvalue weighted by Crippen LogP contribution is -2.43. The molecule has 2 unspecified atom stereocenters. The summed E-state index contributed by atoms with van der Waals surface area (Å²) in [5.41, 5.74) is 1.21. The molecule has 0 spiro atoms. The number of aromatic nitrogens is 2. The number of halogens is 1. The molecule has 1 aromatic heterocycles. The van der Waals surface area contributed by atoms with Crippen LogP contribution in [0.4, 0.5) is 0 Å². The van der Waals surface area contributed by atoms with Gasteiger partial charge in [0.25, 0.3) is 0 Å². The Labute approximate surface area is 182 Å². The Bertz CT molecular complexity index is 568. The van der Waals surface area contributed by atoms with Crippen LogP contribution in [0.3, 0.4) is 0 Å². The van der Waals surface area contributed by atoms with Gasteiger partial charge in [0.15, 0.2) is 5.96 Å². The quantitative estimate of drug-likeness (QED) is 0.343. The third kappa shape index (κ3) is 6.60. The third-order valence-electron chi connectivity index (χ3n) is 5.27. The summed E-state index contributed by atoms with van der Waals surface area (Å²) in [5.74, 6) is 1.04. The van der Waals surface area contributed by atoms with Gasteiger partial charge in [-0.15, -0.1) is 24.0 Å². The van der Waals surface area contributed by atoms with E-state index in [2.05, 4.69) is 66.2 Å². The first-order chi connectivity index (χ1) is 12.5. The Morgan fingerprint density at radius 1 is 1.33 bits per heavy atom. The summed E-state index contributed by atoms with van der Waals surface area (Å²) in [7, 11) is 6.17. The monoisotopic (exact) mass is 491 g/mol. The number of rotatable bonds is 8. The molecule has 1 aliphatic rings. The average Bonchev–Trinajstić information content (AvgIpc) is 3.25. The van der Waals surface area contributed by atoms with Gasteiger partial charge < -0.3 is 15.1 Å². The predicted molar refractivity (Wildman–Crippen MR) is 124 cm³/mol. The van der Waals surface area contributed by atoms with Gasteiger partial charge in [-0.05, 0) is 40.5 Å². The number of hydrogen-bond donors (Lipinski definition) is 1. The van der Waals surface area contributed by atoms with Crippen molar-refractivity contribution in [3.63, 3.8) is 0 Å². The van der Waals surface area contributed by atoms with Crippen LogP contribution in [0.5, 0.6) is 0 Å². The maximum absolute atomic E-state index is 4.98. The number of aryl methyl sites for hydroxylation is 1. The number of likely N-dealkylation sites (N-methyl/N-ethyl adjacent to an activating group) is 2. The van der Waals surface area contributed by atoms with E-state index in [1.165, 1.54) is 12.0 Å². The summed E-state index contributed by atoms with van der Waals surface area (Å²) < 4.78 is 1.86. The molecule has 2 heterocycles. The van der Waals surface area contributed by atoms with Crippen molar-refractivity contribution in [3.8, 4) is 0 Å². The topological polar surface area (TPSA) is 51.9 Å². The maximum Gasteiger partial charge on any atom is 0.194 e. The van der Waals surface area contributed by atoms with Gasteiger partial charge in [-0.2, -0.15) is 5.10 Å². The van der Waals surface area contributed by atoms with Gasteiger partial charge in [-0.3, -0.25) is 14.6 Å². The summed E-state index contributed by atoms with van der Waals surface area (Å²) in [6, 6.07) is 0.871. The highest BCUT2D eigenvalue weighted by molar-refractivity contribution is 14.0. The Morgan fingerprint density at radius 2 is 2.04 bits per heavy atom. The minimum Gasteiger partial charge on any atom is -0.357 e. The van der Waals surface area contributed by atoms with Gasteiger partial charge in [0.1, 0.15) is 0 Å². The van der Waals surface area contributed by atoms with Gasteiger partial charge in [0, 0.05) is 44.5 Å². The zero-order valence-corrected chi connectivity index (χ0v) is 20.2. The SMILES string of the molecule is CCNC(=NCC(c1cnn(C)c1)N(C)C)N1CCC(N(CC)CC)C1.I. The first kappa shape index (κ1) is 24.2. The van der Waals surface area contributed by atoms with Crippen molar-refractivity contribution in [1.82, 2.24) is 29.8 Å². The van der Waals surface area contributed by atoms with Crippen LogP contribution in [0.1, 0.15) is 38.8 Å². The summed E-state index contributed by atoms with van der Waals surface area (Å²) in [6.07, 6.45) is 5.24. The molecule has 1 saturated heterocycles. The fourth-order valence-corrected chi connectivity index (χ4v) is 3.75. The Kier molecular flexibility index (Phi) is 10.6. The van der Waals surface area contributed by atoms with Gasteiger partial charge >= 0.3 is 0 Å². The van der Waals surface area contributed by atoms with E-state index in [-0.39, 0.29) is 30.0 Å². The second-order valence-electron chi connectivity index (χ2n) is 7.23. The molecular weight excluding hydrogens is 453 g/mol. The van der Waals surface area contributed by atoms with Crippen LogP contribution in [0.15, 0.2) is 17.4 Å². The van der Waals surface area contributed by atoms with E-state index in [1.807, 2.05) is 17.9 Å². The van der Waals surface area contributed by atoms with Crippen LogP contribution < -0.4 is 5.32 Å². The molecular formula is C19H38IN7. The number of nitrogens with zero attached hydrogens (tertiary/aromatic N) is 6. The molecule has 1 aromatic rings. The van der Waals surface area contributed by atoms with Gasteiger partial charge in [0.2, 0.25) is 0 Å². The second kappa shape index (κ2) is 11.9. The van der Waals surface area contributed by atoms with Crippen molar-refractivity contribution in [3.05, 3.63) is 18.0 Å². The second-order valence-corrected chi connectivity index (χ2v) is 7.23. The van der Waals surface area contributed by atoms with Crippen LogP contribution in [0.25, 0.3) is 0 Å². The highest BCUT2D eigenvalue weighted by Gasteiger charge is 2.28. The Morgan fingerprint density at radius 3 is 2.56 bits per heavy atom. The predicted octanol–water partition coefficient (Wildman–Crippen LogP) is 2.02. The molecule has 0 saturated carbocycles. The van der Waals surface area contributed by atoms with Gasteiger partial charge in [-0.25, -0.2) is 0 Å². The van der Waals surface area contributed by atoms with Crippen LogP contribution in [-0.2, 0) is 7.05 Å². The summed E-state index contributed by atoms with van der Waals surface area (Å²) in [4.78, 5) is 12.2. The fourth-order valence-electron chi connectivity index (χ4n) is 3.75. The molecule has 0 aromatic carbocycles. The molecule has 2 atom stereocenters. The Balaban J connectivity index is 0.00000364. The molecule has 2 rings (SSSR count). The van der Waals surface area contributed by atoms with E-state index < -0.39 is 0 Å². The first-order valence-electron chi connectivity index (χ1n) is 9.92. The molecule has 1 fully saturated rings. The Hall–Kier alpha value is -0.870. The number of nitrogens with one attached hydrogen (secondary N) is 1. The standard InChI is InChI=1S/C19H37N7.HI/c1-7-20-19(26-11-10-17(15-26)25(8-2)9-3)21-13-18(23(4)5)16-12-22-24(6)14-16;/h12,14,17-18H,7-11,13,15H2,1-6H3,(H,20,21);1H. The van der Waals surface area contributed by atoms with E-state index in [4.69, 9.17) is 4.99 Å². The van der Waals surface area contributed by atoms with Crippen molar-refractivity contribution in [2.75, 3.05) is 53.4 Å². The zero-order chi connectivity index (χ0) is 19.1. The van der Waals surface area contributed by atoms with Crippen molar-refractivity contribution >= 4 is 29.9 Å². The molecule has 156 valence electrons. The van der Waals surface area contributed by atoms with Crippen LogP contribution in [0, 0.1) is 0 Å². The molecule has 1 N–H and O–H groups in total. The zero-order valence-electron chi connectivity index (χ0n) is 17.9. The third-order valence-corrected chi connectivity index (χ3v) is 5.27. The largest absolute Gasteiger partial charge is 0.357 e. The van der Waals surface area contributed by atoms with E-state index in [0.717, 1.165) is 45.2 Å². The summed E-state index contributed by atoms with van der Waals surface area (Å²) in [5, 5.41) is 7.81. The minimum atomic E-state index is 0. The first-order valence-corrected chi connectivity index (χ1v) is 9.92. The lowest BCUT2D eigenvalue weighted by atomic mass is 10.1. The highest BCUT2D eigenvalue weighted by atomic mass is 127. The molecule has 8 heteroatoms. The van der Waals surface area contributed by atoms with E-state index >= 15 is 0 Å². The number of likely N-dealkylation sites (tertiary alicyclic amines) is 1. The number of aliphatic imine (C=N–C) groups is 1. The number of guanidine groups is 1. The number of hydrogen-bond acceptors (Lipinski definition) is 4. The van der Waals surface area contributed by atoms with Crippen molar-refractivity contribution in [2.45, 2.75) is 39.3 Å². The van der Waals surface area contributed by atoms with Gasteiger partial charge in [-0.1, -0.05) is 13.8 Å². The normalized spacial score (nSPS) is 18.9. The molecule has 0 bridgehead atoms. The van der Waals surface area contributed by atoms with E-state index in [9.17, 15) is 0 Å². The molecule has 0 amide bonds. The smallest absolute Gasteiger partial charge is 0.194 e. The maximum atomic E-state index is 4.98. The molecule has 0 aliphatic carbocycles. The average molecular weight is 491 g/mol. The van der Waals surface area contributed by atoms with E-state index in [0.29, 0.717) is 6.04 Å². The highest BCUT2D eigenvalue weighted by Crippen LogP contribution is 2.19. The molecule has 27 heavy (non-hydrogen) atoms. The fraction of sp³-hybridized carbons (Fsp3) is 0.789. The van der Waals surface area contributed by atoms with Gasteiger partial charge in [0.05, 0.1) is 18.8 Å². The van der Waals surface area contributed by atoms with E-state index in [1.54, 1.807) is 0 Å². The lowest BCUT2D eigenvalue weighted by Gasteiger charge is -2.28. The minimum absolute atomic E-state index is 0. The summed E-state index contributed by atoms with van der Waals surface area (Å²) in [6.45, 7) is 12.6. The van der Waals surface area contributed by atoms with Crippen molar-refractivity contribution in [2.24, 2.45) is 12.0 Å². The summed E-state index contributed by atoms with van der Waals surface area (Å²) >= 11 is 0. The lowest BCUT2D eigenvalue weighted by molar-refractivity contribution is 0.223. The van der Waals surface area contributed by atoms with Crippen LogP contribution in [-0.4, -0.2) is 89.8 Å². The van der Waals surface area contributed by atoms with Crippen molar-refractivity contribution < 1.29 is 0 Å².